The SMILES string of the molecule is CCCCC1CC1N=C1c2ccccc2CCc2ccccc21. The average molecular weight is 303 g/mol. The minimum atomic E-state index is 0.552. The minimum absolute atomic E-state index is 0.552. The van der Waals surface area contributed by atoms with Crippen molar-refractivity contribution < 1.29 is 0 Å². The van der Waals surface area contributed by atoms with Crippen molar-refractivity contribution in [2.45, 2.75) is 51.5 Å². The predicted molar refractivity (Wildman–Crippen MR) is 97.4 cm³/mol. The molecular weight excluding hydrogens is 278 g/mol. The summed E-state index contributed by atoms with van der Waals surface area (Å²) in [6.07, 6.45) is 7.52. The Bertz CT molecular complexity index is 679. The van der Waals surface area contributed by atoms with Crippen LogP contribution in [0.3, 0.4) is 0 Å². The molecule has 2 atom stereocenters. The molecule has 0 heterocycles. The summed E-state index contributed by atoms with van der Waals surface area (Å²) in [6, 6.07) is 18.3. The van der Waals surface area contributed by atoms with Crippen molar-refractivity contribution in [1.29, 1.82) is 0 Å². The maximum Gasteiger partial charge on any atom is 0.0727 e. The van der Waals surface area contributed by atoms with Gasteiger partial charge in [-0.25, -0.2) is 0 Å². The van der Waals surface area contributed by atoms with Gasteiger partial charge in [0.15, 0.2) is 0 Å². The summed E-state index contributed by atoms with van der Waals surface area (Å²) in [6.45, 7) is 2.28. The molecule has 1 heteroatoms. The van der Waals surface area contributed by atoms with Crippen LogP contribution in [0.5, 0.6) is 0 Å². The fourth-order valence-corrected chi connectivity index (χ4v) is 3.82. The highest BCUT2D eigenvalue weighted by molar-refractivity contribution is 6.15. The number of hydrogen-bond acceptors (Lipinski definition) is 1. The molecule has 0 N–H and O–H groups in total. The van der Waals surface area contributed by atoms with Crippen LogP contribution in [0.4, 0.5) is 0 Å². The van der Waals surface area contributed by atoms with Crippen LogP contribution >= 0.6 is 0 Å². The standard InChI is InChI=1S/C22H25N/c1-2-3-8-18-15-21(18)23-22-19-11-6-4-9-16(19)13-14-17-10-5-7-12-20(17)22/h4-7,9-12,18,21H,2-3,8,13-15H2,1H3. The molecule has 23 heavy (non-hydrogen) atoms. The maximum absolute atomic E-state index is 5.24. The monoisotopic (exact) mass is 303 g/mol. The van der Waals surface area contributed by atoms with Gasteiger partial charge in [0, 0.05) is 11.1 Å². The summed E-state index contributed by atoms with van der Waals surface area (Å²) in [5.74, 6) is 0.824. The second kappa shape index (κ2) is 6.31. The van der Waals surface area contributed by atoms with E-state index >= 15 is 0 Å². The Morgan fingerprint density at radius 3 is 2.13 bits per heavy atom. The predicted octanol–water partition coefficient (Wildman–Crippen LogP) is 5.20. The molecule has 1 saturated carbocycles. The summed E-state index contributed by atoms with van der Waals surface area (Å²) in [4.78, 5) is 5.24. The van der Waals surface area contributed by atoms with Crippen molar-refractivity contribution in [3.05, 3.63) is 70.8 Å². The third-order valence-electron chi connectivity index (χ3n) is 5.32. The van der Waals surface area contributed by atoms with Crippen molar-refractivity contribution in [3.63, 3.8) is 0 Å². The molecule has 118 valence electrons. The second-order valence-corrected chi connectivity index (χ2v) is 7.00. The Balaban J connectivity index is 1.73. The fraction of sp³-hybridized carbons (Fsp3) is 0.409. The zero-order valence-electron chi connectivity index (χ0n) is 14.0. The van der Waals surface area contributed by atoms with Crippen LogP contribution in [0.25, 0.3) is 0 Å². The van der Waals surface area contributed by atoms with E-state index in [9.17, 15) is 0 Å². The first-order valence-corrected chi connectivity index (χ1v) is 9.11. The quantitative estimate of drug-likeness (QED) is 0.736. The molecule has 0 saturated heterocycles. The highest BCUT2D eigenvalue weighted by atomic mass is 14.9. The molecule has 0 amide bonds. The van der Waals surface area contributed by atoms with Crippen LogP contribution < -0.4 is 0 Å². The molecule has 2 aliphatic carbocycles. The van der Waals surface area contributed by atoms with Crippen molar-refractivity contribution >= 4 is 5.71 Å². The lowest BCUT2D eigenvalue weighted by Crippen LogP contribution is -2.08. The smallest absolute Gasteiger partial charge is 0.0727 e. The Morgan fingerprint density at radius 2 is 1.52 bits per heavy atom. The number of aryl methyl sites for hydroxylation is 2. The molecule has 0 spiro atoms. The molecule has 0 radical (unpaired) electrons. The Labute approximate surface area is 139 Å². The molecule has 1 fully saturated rings. The molecular formula is C22H25N. The lowest BCUT2D eigenvalue weighted by molar-refractivity contribution is 0.638. The third-order valence-corrected chi connectivity index (χ3v) is 5.32. The zero-order valence-corrected chi connectivity index (χ0v) is 14.0. The van der Waals surface area contributed by atoms with Crippen LogP contribution in [-0.4, -0.2) is 11.8 Å². The molecule has 2 aliphatic rings. The van der Waals surface area contributed by atoms with E-state index < -0.39 is 0 Å². The van der Waals surface area contributed by atoms with Gasteiger partial charge in [0.2, 0.25) is 0 Å². The van der Waals surface area contributed by atoms with E-state index in [1.54, 1.807) is 0 Å². The largest absolute Gasteiger partial charge is 0.280 e. The lowest BCUT2D eigenvalue weighted by atomic mass is 9.98. The summed E-state index contributed by atoms with van der Waals surface area (Å²) in [7, 11) is 0. The summed E-state index contributed by atoms with van der Waals surface area (Å²) < 4.78 is 0. The van der Waals surface area contributed by atoms with Gasteiger partial charge in [0.05, 0.1) is 11.8 Å². The van der Waals surface area contributed by atoms with Crippen LogP contribution in [-0.2, 0) is 12.8 Å². The Morgan fingerprint density at radius 1 is 0.913 bits per heavy atom. The first kappa shape index (κ1) is 14.7. The van der Waals surface area contributed by atoms with Gasteiger partial charge in [-0.1, -0.05) is 68.3 Å². The van der Waals surface area contributed by atoms with Gasteiger partial charge in [-0.05, 0) is 42.7 Å². The number of nitrogens with zero attached hydrogens (tertiary/aromatic N) is 1. The Hall–Kier alpha value is -1.89. The molecule has 2 aromatic carbocycles. The number of aliphatic imine (C=N–C) groups is 1. The van der Waals surface area contributed by atoms with E-state index in [2.05, 4.69) is 55.5 Å². The van der Waals surface area contributed by atoms with Gasteiger partial charge in [-0.3, -0.25) is 4.99 Å². The first-order chi connectivity index (χ1) is 11.4. The summed E-state index contributed by atoms with van der Waals surface area (Å²) in [5.41, 5.74) is 6.87. The summed E-state index contributed by atoms with van der Waals surface area (Å²) >= 11 is 0. The van der Waals surface area contributed by atoms with Crippen molar-refractivity contribution in [2.75, 3.05) is 0 Å². The summed E-state index contributed by atoms with van der Waals surface area (Å²) in [5, 5.41) is 0. The Kier molecular flexibility index (Phi) is 4.03. The van der Waals surface area contributed by atoms with Crippen molar-refractivity contribution in [1.82, 2.24) is 0 Å². The van der Waals surface area contributed by atoms with Gasteiger partial charge < -0.3 is 0 Å². The van der Waals surface area contributed by atoms with E-state index in [-0.39, 0.29) is 0 Å². The van der Waals surface area contributed by atoms with Gasteiger partial charge in [-0.2, -0.15) is 0 Å². The van der Waals surface area contributed by atoms with Crippen LogP contribution in [0.2, 0.25) is 0 Å². The fourth-order valence-electron chi connectivity index (χ4n) is 3.82. The maximum atomic E-state index is 5.24. The molecule has 0 aliphatic heterocycles. The van der Waals surface area contributed by atoms with E-state index in [4.69, 9.17) is 4.99 Å². The normalized spacial score (nSPS) is 22.0. The van der Waals surface area contributed by atoms with Gasteiger partial charge in [0.1, 0.15) is 0 Å². The van der Waals surface area contributed by atoms with Crippen molar-refractivity contribution in [3.8, 4) is 0 Å². The van der Waals surface area contributed by atoms with E-state index in [1.807, 2.05) is 0 Å². The molecule has 0 aromatic heterocycles. The second-order valence-electron chi connectivity index (χ2n) is 7.00. The van der Waals surface area contributed by atoms with E-state index in [1.165, 1.54) is 53.6 Å². The lowest BCUT2D eigenvalue weighted by Gasteiger charge is -2.10. The van der Waals surface area contributed by atoms with Crippen molar-refractivity contribution in [2.24, 2.45) is 10.9 Å². The van der Waals surface area contributed by atoms with Crippen LogP contribution in [0, 0.1) is 5.92 Å². The number of benzene rings is 2. The highest BCUT2D eigenvalue weighted by Gasteiger charge is 2.37. The van der Waals surface area contributed by atoms with Crippen LogP contribution in [0.15, 0.2) is 53.5 Å². The molecule has 2 aromatic rings. The molecule has 0 bridgehead atoms. The third kappa shape index (κ3) is 2.97. The highest BCUT2D eigenvalue weighted by Crippen LogP contribution is 2.39. The van der Waals surface area contributed by atoms with Gasteiger partial charge in [0.25, 0.3) is 0 Å². The topological polar surface area (TPSA) is 12.4 Å². The van der Waals surface area contributed by atoms with Gasteiger partial charge >= 0.3 is 0 Å². The molecule has 1 nitrogen and oxygen atoms in total. The minimum Gasteiger partial charge on any atom is -0.280 e. The number of rotatable bonds is 4. The zero-order chi connectivity index (χ0) is 15.6. The average Bonchev–Trinajstić information content (AvgIpc) is 3.36. The number of hydrogen-bond donors (Lipinski definition) is 0. The molecule has 4 rings (SSSR count). The van der Waals surface area contributed by atoms with Crippen LogP contribution in [0.1, 0.15) is 54.9 Å². The number of fused-ring (bicyclic) bond motifs is 2. The molecule has 2 unspecified atom stereocenters. The van der Waals surface area contributed by atoms with E-state index in [0.717, 1.165) is 18.8 Å². The first-order valence-electron chi connectivity index (χ1n) is 9.11. The van der Waals surface area contributed by atoms with Gasteiger partial charge in [-0.15, -0.1) is 0 Å². The van der Waals surface area contributed by atoms with E-state index in [0.29, 0.717) is 6.04 Å². The number of unbranched alkanes of at least 4 members (excludes halogenated alkanes) is 1.